The average molecular weight is 1230 g/mol. The first-order chi connectivity index (χ1) is 38.3. The van der Waals surface area contributed by atoms with E-state index in [2.05, 4.69) is 4.98 Å². The molecule has 0 atom stereocenters. The summed E-state index contributed by atoms with van der Waals surface area (Å²) in [6.07, 6.45) is -50.6. The van der Waals surface area contributed by atoms with Gasteiger partial charge in [-0.05, 0) is 30.3 Å². The van der Waals surface area contributed by atoms with Crippen LogP contribution in [0.25, 0.3) is 0 Å². The largest absolute Gasteiger partial charge is 0.418 e. The Hall–Kier alpha value is -8.68. The lowest BCUT2D eigenvalue weighted by Crippen LogP contribution is -2.75. The maximum absolute atomic E-state index is 14.2. The quantitative estimate of drug-likeness (QED) is 0.0198. The van der Waals surface area contributed by atoms with Gasteiger partial charge in [-0.2, -0.15) is 132 Å². The van der Waals surface area contributed by atoms with Crippen molar-refractivity contribution < 1.29 is 129 Å². The standard InChI is InChI=1S/C32H12BF24.C19H14N3O5/c34-25(35,36)13-1-14(26(37,38)39)6-21(5-13)33(22-7-15(27(40,41)42)2-16(8-22)28(43,44)45,23-9-17(29(46,47)48)3-18(10-23)30(49,50)51)24-11-19(31(52,53)54)4-20(12-24)32(55,56)57;23-18(14-5-2-1-3-6-14)13-21-10-9-20-12-17(21)19(24)27-16-8-4-7-15(11-16)22(25)26/h1-12H;1-12H,13H2/q-1;+1. The number of carbonyl (C=O) groups excluding carboxylic acids is 2. The average Bonchev–Trinajstić information content (AvgIpc) is 0.778. The van der Waals surface area contributed by atoms with Crippen LogP contribution in [0.5, 0.6) is 5.75 Å². The highest BCUT2D eigenvalue weighted by Gasteiger charge is 2.47. The van der Waals surface area contributed by atoms with E-state index in [0.717, 1.165) is 6.07 Å². The molecule has 0 N–H and O–H groups in total. The van der Waals surface area contributed by atoms with Crippen molar-refractivity contribution in [2.75, 3.05) is 0 Å². The van der Waals surface area contributed by atoms with E-state index >= 15 is 0 Å². The lowest BCUT2D eigenvalue weighted by molar-refractivity contribution is -0.686. The maximum Gasteiger partial charge on any atom is 0.416 e. The Morgan fingerprint density at radius 3 is 1.07 bits per heavy atom. The molecule has 84 heavy (non-hydrogen) atoms. The minimum Gasteiger partial charge on any atom is -0.418 e. The minimum atomic E-state index is -6.13. The van der Waals surface area contributed by atoms with Gasteiger partial charge in [0.2, 0.25) is 12.3 Å². The molecule has 7 rings (SSSR count). The van der Waals surface area contributed by atoms with E-state index in [4.69, 9.17) is 4.74 Å². The molecule has 0 bridgehead atoms. The Morgan fingerprint density at radius 2 is 0.774 bits per heavy atom. The van der Waals surface area contributed by atoms with Crippen LogP contribution >= 0.6 is 0 Å². The molecule has 0 fully saturated rings. The van der Waals surface area contributed by atoms with Gasteiger partial charge in [0.25, 0.3) is 5.69 Å². The number of carbonyl (C=O) groups is 2. The molecule has 1 aromatic heterocycles. The summed E-state index contributed by atoms with van der Waals surface area (Å²) in [5.74, 6) is -0.931. The molecule has 7 aromatic rings. The van der Waals surface area contributed by atoms with E-state index in [0.29, 0.717) is 5.56 Å². The van der Waals surface area contributed by atoms with Gasteiger partial charge in [-0.15, -0.1) is 0 Å². The molecule has 0 radical (unpaired) electrons. The Balaban J connectivity index is 0.000000347. The van der Waals surface area contributed by atoms with Gasteiger partial charge in [0.15, 0.2) is 6.20 Å². The van der Waals surface area contributed by atoms with Crippen LogP contribution in [0.3, 0.4) is 0 Å². The number of esters is 1. The molecule has 33 heteroatoms. The van der Waals surface area contributed by atoms with E-state index in [1.807, 2.05) is 0 Å². The third-order valence-electron chi connectivity index (χ3n) is 12.1. The van der Waals surface area contributed by atoms with Crippen LogP contribution in [0, 0.1) is 10.1 Å². The zero-order valence-corrected chi connectivity index (χ0v) is 40.6. The molecule has 0 aliphatic rings. The van der Waals surface area contributed by atoms with E-state index in [1.54, 1.807) is 30.3 Å². The van der Waals surface area contributed by atoms with Crippen LogP contribution in [-0.2, 0) is 56.0 Å². The molecule has 8 nitrogen and oxygen atoms in total. The van der Waals surface area contributed by atoms with E-state index in [9.17, 15) is 125 Å². The Labute approximate surface area is 452 Å². The summed E-state index contributed by atoms with van der Waals surface area (Å²) >= 11 is 0. The van der Waals surface area contributed by atoms with E-state index < -0.39 is 206 Å². The number of nitro groups is 1. The Bertz CT molecular complexity index is 3170. The maximum atomic E-state index is 14.2. The van der Waals surface area contributed by atoms with Crippen LogP contribution in [0.15, 0.2) is 146 Å². The first kappa shape index (κ1) is 64.5. The van der Waals surface area contributed by atoms with Crippen molar-refractivity contribution in [1.82, 2.24) is 4.98 Å². The molecule has 0 aliphatic heterocycles. The molecule has 6 aromatic carbocycles. The molecule has 0 amide bonds. The number of rotatable bonds is 10. The first-order valence-electron chi connectivity index (χ1n) is 22.5. The monoisotopic (exact) mass is 1230 g/mol. The number of hydrogen-bond donors (Lipinski definition) is 0. The SMILES string of the molecule is FC(F)(F)c1cc([B-](c2cc(C(F)(F)F)cc(C(F)(F)F)c2)(c2cc(C(F)(F)F)cc(C(F)(F)F)c2)c2cc(C(F)(F)F)cc(C(F)(F)F)c2)cc(C(F)(F)F)c1.O=C(C[n+]1ccncc1C(=O)Oc1cccc([N+](=O)[O-])c1)c1ccccc1. The fourth-order valence-corrected chi connectivity index (χ4v) is 8.46. The second-order valence-electron chi connectivity index (χ2n) is 17.7. The fourth-order valence-electron chi connectivity index (χ4n) is 8.46. The number of ether oxygens (including phenoxy) is 1. The first-order valence-corrected chi connectivity index (χ1v) is 22.5. The molecule has 0 saturated carbocycles. The highest BCUT2D eigenvalue weighted by atomic mass is 19.4. The number of nitrogens with zero attached hydrogens (tertiary/aromatic N) is 3. The number of benzene rings is 6. The number of ketones is 1. The summed E-state index contributed by atoms with van der Waals surface area (Å²) in [6.45, 7) is -0.0775. The van der Waals surface area contributed by atoms with Gasteiger partial charge in [-0.1, -0.05) is 84.9 Å². The van der Waals surface area contributed by atoms with E-state index in [1.165, 1.54) is 41.4 Å². The predicted molar refractivity (Wildman–Crippen MR) is 243 cm³/mol. The fraction of sp³-hybridized carbons (Fsp3) is 0.176. The summed E-state index contributed by atoms with van der Waals surface area (Å²) in [6, 6.07) is 5.15. The molecule has 0 saturated heterocycles. The minimum absolute atomic E-state index is 0.0268. The van der Waals surface area contributed by atoms with Gasteiger partial charge in [0, 0.05) is 11.6 Å². The number of non-ortho nitro benzene ring substituents is 1. The van der Waals surface area contributed by atoms with Crippen molar-refractivity contribution >= 4 is 45.4 Å². The Kier molecular flexibility index (Phi) is 17.5. The number of alkyl halides is 24. The van der Waals surface area contributed by atoms with Crippen molar-refractivity contribution in [2.45, 2.75) is 56.0 Å². The van der Waals surface area contributed by atoms with Crippen LogP contribution in [0.2, 0.25) is 0 Å². The van der Waals surface area contributed by atoms with Crippen molar-refractivity contribution in [3.05, 3.63) is 212 Å². The predicted octanol–water partition coefficient (Wildman–Crippen LogP) is 13.6. The number of halogens is 24. The third kappa shape index (κ3) is 14.9. The van der Waals surface area contributed by atoms with Crippen molar-refractivity contribution in [1.29, 1.82) is 0 Å². The smallest absolute Gasteiger partial charge is 0.416 e. The highest BCUT2D eigenvalue weighted by molar-refractivity contribution is 7.20. The van der Waals surface area contributed by atoms with Crippen LogP contribution in [-0.4, -0.2) is 27.8 Å². The lowest BCUT2D eigenvalue weighted by atomic mass is 9.12. The molecule has 1 heterocycles. The second kappa shape index (κ2) is 22.8. The number of hydrogen-bond acceptors (Lipinski definition) is 6. The van der Waals surface area contributed by atoms with Crippen molar-refractivity contribution in [2.24, 2.45) is 0 Å². The van der Waals surface area contributed by atoms with E-state index in [-0.39, 0.29) is 29.5 Å². The van der Waals surface area contributed by atoms with Gasteiger partial charge < -0.3 is 4.74 Å². The number of Topliss-reactive ketones (excluding diaryl/α,β-unsaturated/α-hetero) is 1. The normalized spacial score (nSPS) is 13.0. The summed E-state index contributed by atoms with van der Waals surface area (Å²) < 4.78 is 347. The summed E-state index contributed by atoms with van der Waals surface area (Å²) in [7, 11) is 0. The summed E-state index contributed by atoms with van der Waals surface area (Å²) in [4.78, 5) is 39.0. The molecular weight excluding hydrogens is 1200 g/mol. The number of aromatic nitrogens is 2. The molecular formula is C51H26BF24N3O5. The van der Waals surface area contributed by atoms with Gasteiger partial charge in [0.05, 0.1) is 61.7 Å². The third-order valence-corrected chi connectivity index (χ3v) is 12.1. The van der Waals surface area contributed by atoms with Crippen LogP contribution in [0.1, 0.15) is 65.4 Å². The molecule has 446 valence electrons. The van der Waals surface area contributed by atoms with Crippen molar-refractivity contribution in [3.8, 4) is 5.75 Å². The zero-order valence-electron chi connectivity index (χ0n) is 40.6. The van der Waals surface area contributed by atoms with Gasteiger partial charge in [0.1, 0.15) is 18.1 Å². The highest BCUT2D eigenvalue weighted by Crippen LogP contribution is 2.41. The van der Waals surface area contributed by atoms with Crippen LogP contribution < -0.4 is 31.2 Å². The summed E-state index contributed by atoms with van der Waals surface area (Å²) in [5.41, 5.74) is -29.8. The second-order valence-corrected chi connectivity index (χ2v) is 17.7. The van der Waals surface area contributed by atoms with Gasteiger partial charge in [-0.3, -0.25) is 19.9 Å². The molecule has 0 unspecified atom stereocenters. The van der Waals surface area contributed by atoms with Gasteiger partial charge >= 0.3 is 61.1 Å². The molecule has 0 spiro atoms. The zero-order chi connectivity index (χ0) is 63.1. The van der Waals surface area contributed by atoms with Crippen molar-refractivity contribution in [3.63, 3.8) is 0 Å². The summed E-state index contributed by atoms with van der Waals surface area (Å²) in [5, 5.41) is 10.8. The Morgan fingerprint density at radius 1 is 0.452 bits per heavy atom. The van der Waals surface area contributed by atoms with Crippen LogP contribution in [0.4, 0.5) is 111 Å². The topological polar surface area (TPSA) is 103 Å². The van der Waals surface area contributed by atoms with Gasteiger partial charge in [-0.25, -0.2) is 4.79 Å². The molecule has 0 aliphatic carbocycles. The lowest BCUT2D eigenvalue weighted by Gasteiger charge is -2.46. The number of nitro benzene ring substituents is 1.